The van der Waals surface area contributed by atoms with Crippen LogP contribution < -0.4 is 10.6 Å². The summed E-state index contributed by atoms with van der Waals surface area (Å²) in [5.41, 5.74) is 0.0862. The van der Waals surface area contributed by atoms with Gasteiger partial charge >= 0.3 is 0 Å². The second-order valence-corrected chi connectivity index (χ2v) is 5.11. The van der Waals surface area contributed by atoms with Gasteiger partial charge in [0.25, 0.3) is 0 Å². The number of aliphatic hydroxyl groups is 1. The number of benzene rings is 1. The lowest BCUT2D eigenvalue weighted by atomic mass is 9.98. The molecule has 5 heteroatoms. The summed E-state index contributed by atoms with van der Waals surface area (Å²) in [6.45, 7) is 7.46. The molecule has 3 N–H and O–H groups in total. The van der Waals surface area contributed by atoms with Crippen molar-refractivity contribution in [1.82, 2.24) is 10.6 Å². The SMILES string of the molecule is CCNC(=NCc1cccc(F)c1)NCC(O)(CC)CC. The second-order valence-electron chi connectivity index (χ2n) is 5.11. The molecule has 4 nitrogen and oxygen atoms in total. The van der Waals surface area contributed by atoms with E-state index in [-0.39, 0.29) is 5.82 Å². The van der Waals surface area contributed by atoms with Gasteiger partial charge in [0, 0.05) is 13.1 Å². The van der Waals surface area contributed by atoms with Crippen LogP contribution in [-0.2, 0) is 6.54 Å². The molecule has 1 aromatic rings. The van der Waals surface area contributed by atoms with Crippen molar-refractivity contribution >= 4 is 5.96 Å². The molecule has 0 heterocycles. The number of guanidine groups is 1. The average Bonchev–Trinajstić information content (AvgIpc) is 2.50. The highest BCUT2D eigenvalue weighted by Crippen LogP contribution is 2.12. The Kier molecular flexibility index (Phi) is 7.15. The summed E-state index contributed by atoms with van der Waals surface area (Å²) in [4.78, 5) is 4.41. The topological polar surface area (TPSA) is 56.7 Å². The second kappa shape index (κ2) is 8.62. The van der Waals surface area contributed by atoms with Crippen molar-refractivity contribution in [3.05, 3.63) is 35.6 Å². The first-order chi connectivity index (χ1) is 10.0. The van der Waals surface area contributed by atoms with Gasteiger partial charge < -0.3 is 15.7 Å². The summed E-state index contributed by atoms with van der Waals surface area (Å²) < 4.78 is 13.1. The first kappa shape index (κ1) is 17.4. The van der Waals surface area contributed by atoms with Gasteiger partial charge in [-0.05, 0) is 37.5 Å². The highest BCUT2D eigenvalue weighted by molar-refractivity contribution is 5.79. The van der Waals surface area contributed by atoms with E-state index >= 15 is 0 Å². The minimum absolute atomic E-state index is 0.257. The Bertz CT molecular complexity index is 459. The molecule has 0 atom stereocenters. The van der Waals surface area contributed by atoms with Crippen LogP contribution in [0.25, 0.3) is 0 Å². The number of hydrogen-bond donors (Lipinski definition) is 3. The third kappa shape index (κ3) is 6.12. The Balaban J connectivity index is 2.65. The standard InChI is InChI=1S/C16H26FN3O/c1-4-16(21,5-2)12-20-15(18-6-3)19-11-13-8-7-9-14(17)10-13/h7-10,21H,4-6,11-12H2,1-3H3,(H2,18,19,20). The van der Waals surface area contributed by atoms with E-state index in [9.17, 15) is 9.50 Å². The average molecular weight is 295 g/mol. The van der Waals surface area contributed by atoms with Crippen molar-refractivity contribution in [2.24, 2.45) is 4.99 Å². The maximum Gasteiger partial charge on any atom is 0.191 e. The summed E-state index contributed by atoms with van der Waals surface area (Å²) in [6, 6.07) is 6.40. The maximum atomic E-state index is 13.1. The molecule has 0 saturated heterocycles. The quantitative estimate of drug-likeness (QED) is 0.535. The van der Waals surface area contributed by atoms with E-state index in [1.54, 1.807) is 6.07 Å². The Morgan fingerprint density at radius 2 is 1.95 bits per heavy atom. The smallest absolute Gasteiger partial charge is 0.191 e. The molecule has 0 fully saturated rings. The third-order valence-corrected chi connectivity index (χ3v) is 3.55. The van der Waals surface area contributed by atoms with Crippen molar-refractivity contribution in [1.29, 1.82) is 0 Å². The molecule has 0 spiro atoms. The van der Waals surface area contributed by atoms with E-state index in [0.717, 1.165) is 12.1 Å². The molecule has 0 aliphatic heterocycles. The zero-order chi connectivity index (χ0) is 15.7. The molecular weight excluding hydrogens is 269 g/mol. The van der Waals surface area contributed by atoms with Crippen molar-refractivity contribution in [3.63, 3.8) is 0 Å². The number of halogens is 1. The molecule has 21 heavy (non-hydrogen) atoms. The van der Waals surface area contributed by atoms with Crippen LogP contribution in [0.4, 0.5) is 4.39 Å². The summed E-state index contributed by atoms with van der Waals surface area (Å²) in [7, 11) is 0. The van der Waals surface area contributed by atoms with E-state index in [1.807, 2.05) is 26.8 Å². The molecule has 1 rings (SSSR count). The minimum atomic E-state index is -0.727. The normalized spacial score (nSPS) is 12.3. The van der Waals surface area contributed by atoms with Gasteiger partial charge in [-0.3, -0.25) is 0 Å². The molecular formula is C16H26FN3O. The largest absolute Gasteiger partial charge is 0.388 e. The summed E-state index contributed by atoms with van der Waals surface area (Å²) in [5.74, 6) is 0.370. The van der Waals surface area contributed by atoms with Gasteiger partial charge in [0.05, 0.1) is 12.1 Å². The van der Waals surface area contributed by atoms with Crippen molar-refractivity contribution in [2.45, 2.75) is 45.8 Å². The van der Waals surface area contributed by atoms with E-state index in [2.05, 4.69) is 15.6 Å². The lowest BCUT2D eigenvalue weighted by molar-refractivity contribution is 0.0367. The highest BCUT2D eigenvalue weighted by Gasteiger charge is 2.22. The fourth-order valence-corrected chi connectivity index (χ4v) is 1.90. The van der Waals surface area contributed by atoms with E-state index in [4.69, 9.17) is 0 Å². The van der Waals surface area contributed by atoms with E-state index in [1.165, 1.54) is 12.1 Å². The zero-order valence-corrected chi connectivity index (χ0v) is 13.1. The summed E-state index contributed by atoms with van der Waals surface area (Å²) >= 11 is 0. The van der Waals surface area contributed by atoms with Gasteiger partial charge in [-0.15, -0.1) is 0 Å². The number of rotatable bonds is 7. The predicted octanol–water partition coefficient (Wildman–Crippen LogP) is 2.43. The van der Waals surface area contributed by atoms with Gasteiger partial charge in [-0.2, -0.15) is 0 Å². The lowest BCUT2D eigenvalue weighted by Gasteiger charge is -2.26. The van der Waals surface area contributed by atoms with Crippen LogP contribution in [0.2, 0.25) is 0 Å². The first-order valence-corrected chi connectivity index (χ1v) is 7.52. The van der Waals surface area contributed by atoms with Gasteiger partial charge in [0.2, 0.25) is 0 Å². The van der Waals surface area contributed by atoms with Crippen LogP contribution in [0, 0.1) is 5.82 Å². The van der Waals surface area contributed by atoms with Crippen molar-refractivity contribution in [3.8, 4) is 0 Å². The Morgan fingerprint density at radius 1 is 1.24 bits per heavy atom. The zero-order valence-electron chi connectivity index (χ0n) is 13.1. The van der Waals surface area contributed by atoms with Crippen LogP contribution in [-0.4, -0.2) is 29.8 Å². The first-order valence-electron chi connectivity index (χ1n) is 7.52. The molecule has 1 aromatic carbocycles. The minimum Gasteiger partial charge on any atom is -0.388 e. The number of nitrogens with zero attached hydrogens (tertiary/aromatic N) is 1. The van der Waals surface area contributed by atoms with Crippen LogP contribution in [0.15, 0.2) is 29.3 Å². The van der Waals surface area contributed by atoms with Gasteiger partial charge in [0.15, 0.2) is 5.96 Å². The molecule has 0 amide bonds. The Labute approximate surface area is 126 Å². The fraction of sp³-hybridized carbons (Fsp3) is 0.562. The summed E-state index contributed by atoms with van der Waals surface area (Å²) in [6.07, 6.45) is 1.36. The summed E-state index contributed by atoms with van der Waals surface area (Å²) in [5, 5.41) is 16.5. The van der Waals surface area contributed by atoms with Crippen LogP contribution in [0.1, 0.15) is 39.2 Å². The molecule has 0 aliphatic carbocycles. The fourth-order valence-electron chi connectivity index (χ4n) is 1.90. The van der Waals surface area contributed by atoms with Gasteiger partial charge in [-0.25, -0.2) is 9.38 Å². The number of aliphatic imine (C=N–C) groups is 1. The third-order valence-electron chi connectivity index (χ3n) is 3.55. The lowest BCUT2D eigenvalue weighted by Crippen LogP contribution is -2.46. The predicted molar refractivity (Wildman–Crippen MR) is 84.8 cm³/mol. The Hall–Kier alpha value is -1.62. The van der Waals surface area contributed by atoms with Crippen LogP contribution in [0.5, 0.6) is 0 Å². The number of hydrogen-bond acceptors (Lipinski definition) is 2. The van der Waals surface area contributed by atoms with E-state index in [0.29, 0.717) is 31.9 Å². The molecule has 0 bridgehead atoms. The molecule has 118 valence electrons. The van der Waals surface area contributed by atoms with Crippen molar-refractivity contribution in [2.75, 3.05) is 13.1 Å². The monoisotopic (exact) mass is 295 g/mol. The molecule has 0 saturated carbocycles. The molecule has 0 aliphatic rings. The molecule has 0 radical (unpaired) electrons. The van der Waals surface area contributed by atoms with Gasteiger partial charge in [-0.1, -0.05) is 26.0 Å². The highest BCUT2D eigenvalue weighted by atomic mass is 19.1. The number of nitrogens with one attached hydrogen (secondary N) is 2. The Morgan fingerprint density at radius 3 is 2.52 bits per heavy atom. The van der Waals surface area contributed by atoms with Crippen LogP contribution >= 0.6 is 0 Å². The van der Waals surface area contributed by atoms with Crippen LogP contribution in [0.3, 0.4) is 0 Å². The van der Waals surface area contributed by atoms with Gasteiger partial charge in [0.1, 0.15) is 5.82 Å². The van der Waals surface area contributed by atoms with Crippen molar-refractivity contribution < 1.29 is 9.50 Å². The molecule has 0 unspecified atom stereocenters. The molecule has 0 aromatic heterocycles. The maximum absolute atomic E-state index is 13.1. The van der Waals surface area contributed by atoms with E-state index < -0.39 is 5.60 Å².